The first-order valence-electron chi connectivity index (χ1n) is 18.2. The molecule has 1 atom stereocenters. The zero-order valence-electron chi connectivity index (χ0n) is 29.9. The number of nitrogens with zero attached hydrogens (tertiary/aromatic N) is 1. The number of benzene rings is 8. The first-order valence-corrected chi connectivity index (χ1v) is 19.5. The van der Waals surface area contributed by atoms with Gasteiger partial charge in [-0.3, -0.25) is 9.59 Å². The van der Waals surface area contributed by atoms with Crippen LogP contribution in [0, 0.1) is 27.7 Å². The van der Waals surface area contributed by atoms with Gasteiger partial charge in [0, 0.05) is 3.92 Å². The normalized spacial score (nSPS) is 13.0. The van der Waals surface area contributed by atoms with Crippen LogP contribution in [0.15, 0.2) is 107 Å². The standard InChI is InChI=1S/C48H36INO2/c1-6-11-39(49)32-15-10-9-14-31(32)36-23-38-44-42-34(36)19-17-28-16-18-33-35(30-13-8-7-12-24(30)2)22-37(43(44)41(33)40(28)42)45-46(38)48(52)50(47(45)51)29-20-25(3)27(5)26(4)21-29/h7-10,12-23,39H,6,11H2,1-5H3. The summed E-state index contributed by atoms with van der Waals surface area (Å²) in [6.45, 7) is 10.6. The molecular weight excluding hydrogens is 749 g/mol. The largest absolute Gasteiger partial charge is 0.268 e. The van der Waals surface area contributed by atoms with E-state index in [0.717, 1.165) is 62.2 Å². The number of fused-ring (bicyclic) bond motifs is 3. The minimum atomic E-state index is -0.250. The maximum atomic E-state index is 15.1. The van der Waals surface area contributed by atoms with E-state index in [2.05, 4.69) is 142 Å². The fraction of sp³-hybridized carbons (Fsp3) is 0.167. The number of halogens is 1. The summed E-state index contributed by atoms with van der Waals surface area (Å²) in [5.74, 6) is 0. The Balaban J connectivity index is 1.48. The summed E-state index contributed by atoms with van der Waals surface area (Å²) in [7, 11) is 0. The molecule has 10 aromatic rings. The molecule has 0 saturated heterocycles. The fourth-order valence-electron chi connectivity index (χ4n) is 9.31. The van der Waals surface area contributed by atoms with Gasteiger partial charge in [-0.1, -0.05) is 109 Å². The Labute approximate surface area is 315 Å². The van der Waals surface area contributed by atoms with Crippen molar-refractivity contribution in [2.45, 2.75) is 51.4 Å². The molecule has 52 heavy (non-hydrogen) atoms. The highest BCUT2D eigenvalue weighted by Crippen LogP contribution is 2.54. The summed E-state index contributed by atoms with van der Waals surface area (Å²) in [6, 6.07) is 34.7. The van der Waals surface area contributed by atoms with Crippen LogP contribution in [0.1, 0.15) is 51.5 Å². The number of aromatic nitrogens is 1. The minimum absolute atomic E-state index is 0.249. The molecule has 0 spiro atoms. The highest BCUT2D eigenvalue weighted by Gasteiger charge is 2.30. The smallest absolute Gasteiger partial charge is 0.266 e. The lowest BCUT2D eigenvalue weighted by molar-refractivity contribution is 0.800. The van der Waals surface area contributed by atoms with Gasteiger partial charge in [0.1, 0.15) is 0 Å². The fourth-order valence-corrected chi connectivity index (χ4v) is 10.5. The number of rotatable bonds is 6. The van der Waals surface area contributed by atoms with Crippen LogP contribution in [-0.4, -0.2) is 4.57 Å². The second-order valence-electron chi connectivity index (χ2n) is 14.8. The molecule has 0 aliphatic carbocycles. The zero-order valence-corrected chi connectivity index (χ0v) is 32.0. The molecule has 0 saturated carbocycles. The van der Waals surface area contributed by atoms with E-state index in [1.807, 2.05) is 12.1 Å². The molecule has 0 aliphatic heterocycles. The lowest BCUT2D eigenvalue weighted by Crippen LogP contribution is -2.23. The molecule has 10 rings (SSSR count). The molecule has 0 bridgehead atoms. The van der Waals surface area contributed by atoms with Gasteiger partial charge in [-0.15, -0.1) is 0 Å². The molecule has 0 aliphatic rings. The molecule has 3 nitrogen and oxygen atoms in total. The van der Waals surface area contributed by atoms with Crippen LogP contribution in [-0.2, 0) is 0 Å². The summed E-state index contributed by atoms with van der Waals surface area (Å²) >= 11 is 2.59. The minimum Gasteiger partial charge on any atom is -0.268 e. The Kier molecular flexibility index (Phi) is 6.83. The summed E-state index contributed by atoms with van der Waals surface area (Å²) in [5, 5.41) is 12.1. The molecule has 1 unspecified atom stereocenters. The van der Waals surface area contributed by atoms with Gasteiger partial charge in [0.2, 0.25) is 0 Å². The Bertz CT molecular complexity index is 3170. The van der Waals surface area contributed by atoms with Gasteiger partial charge in [0.15, 0.2) is 0 Å². The Morgan fingerprint density at radius 3 is 1.63 bits per heavy atom. The molecule has 0 radical (unpaired) electrons. The summed E-state index contributed by atoms with van der Waals surface area (Å²) in [6.07, 6.45) is 2.17. The topological polar surface area (TPSA) is 39.1 Å². The second-order valence-corrected chi connectivity index (χ2v) is 16.3. The van der Waals surface area contributed by atoms with E-state index in [4.69, 9.17) is 0 Å². The Hall–Kier alpha value is -5.07. The van der Waals surface area contributed by atoms with Crippen LogP contribution >= 0.6 is 22.6 Å². The molecule has 252 valence electrons. The van der Waals surface area contributed by atoms with E-state index >= 15 is 9.59 Å². The van der Waals surface area contributed by atoms with Crippen molar-refractivity contribution in [3.63, 3.8) is 0 Å². The number of alkyl halides is 1. The van der Waals surface area contributed by atoms with Crippen LogP contribution < -0.4 is 11.1 Å². The number of hydrogen-bond donors (Lipinski definition) is 0. The van der Waals surface area contributed by atoms with Crippen LogP contribution in [0.2, 0.25) is 0 Å². The van der Waals surface area contributed by atoms with Gasteiger partial charge in [-0.2, -0.15) is 0 Å². The van der Waals surface area contributed by atoms with Gasteiger partial charge in [0.25, 0.3) is 11.1 Å². The summed E-state index contributed by atoms with van der Waals surface area (Å²) < 4.78 is 1.78. The van der Waals surface area contributed by atoms with Gasteiger partial charge >= 0.3 is 0 Å². The average Bonchev–Trinajstić information content (AvgIpc) is 3.64. The summed E-state index contributed by atoms with van der Waals surface area (Å²) in [4.78, 5) is 30.1. The van der Waals surface area contributed by atoms with Crippen molar-refractivity contribution in [2.24, 2.45) is 0 Å². The first kappa shape index (κ1) is 31.6. The third-order valence-electron chi connectivity index (χ3n) is 12.0. The van der Waals surface area contributed by atoms with Crippen LogP contribution in [0.4, 0.5) is 0 Å². The zero-order chi connectivity index (χ0) is 35.7. The predicted octanol–water partition coefficient (Wildman–Crippen LogP) is 12.7. The Morgan fingerprint density at radius 2 is 1.06 bits per heavy atom. The molecule has 1 heterocycles. The van der Waals surface area contributed by atoms with Gasteiger partial charge in [-0.25, -0.2) is 4.57 Å². The third kappa shape index (κ3) is 4.07. The van der Waals surface area contributed by atoms with Crippen molar-refractivity contribution >= 4 is 87.2 Å². The van der Waals surface area contributed by atoms with Crippen LogP contribution in [0.3, 0.4) is 0 Å². The molecule has 9 aromatic carbocycles. The molecule has 0 N–H and O–H groups in total. The molecule has 4 heteroatoms. The number of aryl methyl sites for hydroxylation is 3. The van der Waals surface area contributed by atoms with E-state index in [1.54, 1.807) is 0 Å². The molecular formula is C48H36INO2. The average molecular weight is 786 g/mol. The highest BCUT2D eigenvalue weighted by atomic mass is 127. The Morgan fingerprint density at radius 1 is 0.538 bits per heavy atom. The SMILES string of the molecule is CCCC(I)c1ccccc1-c1cc2c3c(=O)n(-c4cc(C)c(C)c(C)c4)c(=O)c3c3cc(-c4ccccc4C)c4ccc5ccc1c1c5c4c3c21. The van der Waals surface area contributed by atoms with Crippen molar-refractivity contribution in [1.29, 1.82) is 0 Å². The van der Waals surface area contributed by atoms with Crippen molar-refractivity contribution in [3.05, 3.63) is 146 Å². The molecule has 1 aromatic heterocycles. The van der Waals surface area contributed by atoms with Crippen molar-refractivity contribution in [3.8, 4) is 27.9 Å². The molecule has 0 amide bonds. The van der Waals surface area contributed by atoms with E-state index in [9.17, 15) is 0 Å². The summed E-state index contributed by atoms with van der Waals surface area (Å²) in [5.41, 5.74) is 10.4. The van der Waals surface area contributed by atoms with E-state index in [-0.39, 0.29) is 11.1 Å². The lowest BCUT2D eigenvalue weighted by Gasteiger charge is -2.18. The van der Waals surface area contributed by atoms with E-state index in [1.165, 1.54) is 59.1 Å². The first-order chi connectivity index (χ1) is 25.2. The monoisotopic (exact) mass is 785 g/mol. The van der Waals surface area contributed by atoms with Gasteiger partial charge in [0.05, 0.1) is 16.5 Å². The molecule has 0 fully saturated rings. The van der Waals surface area contributed by atoms with Crippen molar-refractivity contribution in [1.82, 2.24) is 4.57 Å². The van der Waals surface area contributed by atoms with Crippen LogP contribution in [0.5, 0.6) is 0 Å². The predicted molar refractivity (Wildman–Crippen MR) is 230 cm³/mol. The maximum Gasteiger partial charge on any atom is 0.266 e. The van der Waals surface area contributed by atoms with Crippen molar-refractivity contribution in [2.75, 3.05) is 0 Å². The third-order valence-corrected chi connectivity index (χ3v) is 13.3. The quantitative estimate of drug-likeness (QED) is 0.0957. The van der Waals surface area contributed by atoms with Gasteiger partial charge < -0.3 is 0 Å². The van der Waals surface area contributed by atoms with E-state index < -0.39 is 0 Å². The van der Waals surface area contributed by atoms with E-state index in [0.29, 0.717) is 20.4 Å². The van der Waals surface area contributed by atoms with Crippen molar-refractivity contribution < 1.29 is 0 Å². The van der Waals surface area contributed by atoms with Crippen LogP contribution in [0.25, 0.3) is 92.6 Å². The van der Waals surface area contributed by atoms with Gasteiger partial charge in [-0.05, 0) is 162 Å². The number of hydrogen-bond acceptors (Lipinski definition) is 2. The lowest BCUT2D eigenvalue weighted by atomic mass is 9.87. The second kappa shape index (κ2) is 11.2. The maximum absolute atomic E-state index is 15.1. The highest BCUT2D eigenvalue weighted by molar-refractivity contribution is 14.1.